The van der Waals surface area contributed by atoms with Crippen LogP contribution in [0, 0.1) is 0 Å². The largest absolute Gasteiger partial charge is 0.314 e. The highest BCUT2D eigenvalue weighted by atomic mass is 79.9. The van der Waals surface area contributed by atoms with Gasteiger partial charge >= 0.3 is 0 Å². The predicted molar refractivity (Wildman–Crippen MR) is 76.5 cm³/mol. The lowest BCUT2D eigenvalue weighted by atomic mass is 10.2. The highest BCUT2D eigenvalue weighted by Gasteiger charge is 2.19. The van der Waals surface area contributed by atoms with E-state index in [0.29, 0.717) is 0 Å². The van der Waals surface area contributed by atoms with Crippen LogP contribution in [-0.4, -0.2) is 19.1 Å². The number of halogens is 2. The molecule has 0 heterocycles. The zero-order chi connectivity index (χ0) is 12.1. The van der Waals surface area contributed by atoms with Crippen molar-refractivity contribution in [3.05, 3.63) is 33.3 Å². The molecule has 0 unspecified atom stereocenters. The lowest BCUT2D eigenvalue weighted by Crippen LogP contribution is -2.23. The fourth-order valence-corrected chi connectivity index (χ4v) is 2.32. The molecule has 2 N–H and O–H groups in total. The second-order valence-electron chi connectivity index (χ2n) is 4.47. The fourth-order valence-electron chi connectivity index (χ4n) is 1.72. The minimum Gasteiger partial charge on any atom is -0.314 e. The van der Waals surface area contributed by atoms with Gasteiger partial charge in [-0.3, -0.25) is 0 Å². The molecule has 0 amide bonds. The third-order valence-electron chi connectivity index (χ3n) is 2.89. The van der Waals surface area contributed by atoms with Crippen molar-refractivity contribution in [3.63, 3.8) is 0 Å². The van der Waals surface area contributed by atoms with E-state index in [1.165, 1.54) is 19.3 Å². The first-order chi connectivity index (χ1) is 8.27. The highest BCUT2D eigenvalue weighted by molar-refractivity contribution is 9.10. The van der Waals surface area contributed by atoms with Crippen LogP contribution in [-0.2, 0) is 6.54 Å². The molecule has 0 saturated heterocycles. The van der Waals surface area contributed by atoms with Gasteiger partial charge in [0, 0.05) is 17.1 Å². The van der Waals surface area contributed by atoms with Crippen LogP contribution in [0.2, 0.25) is 5.02 Å². The lowest BCUT2D eigenvalue weighted by Gasteiger charge is -2.08. The zero-order valence-electron chi connectivity index (χ0n) is 9.81. The molecule has 0 bridgehead atoms. The lowest BCUT2D eigenvalue weighted by molar-refractivity contribution is 0.593. The number of hydrogen-bond donors (Lipinski definition) is 2. The van der Waals surface area contributed by atoms with Gasteiger partial charge in [0.25, 0.3) is 0 Å². The minimum atomic E-state index is 0.814. The van der Waals surface area contributed by atoms with Gasteiger partial charge in [-0.1, -0.05) is 23.7 Å². The van der Waals surface area contributed by atoms with E-state index in [9.17, 15) is 0 Å². The first kappa shape index (κ1) is 13.3. The minimum absolute atomic E-state index is 0.814. The molecule has 2 nitrogen and oxygen atoms in total. The van der Waals surface area contributed by atoms with Gasteiger partial charge in [-0.05, 0) is 59.9 Å². The quantitative estimate of drug-likeness (QED) is 0.754. The molecule has 4 heteroatoms. The standard InChI is InChI=1S/C13H18BrClN2/c14-12-4-1-3-10(13(12)15)9-16-7-2-8-17-11-5-6-11/h1,3-4,11,16-17H,2,5-9H2. The van der Waals surface area contributed by atoms with Gasteiger partial charge < -0.3 is 10.6 Å². The average Bonchev–Trinajstić information content (AvgIpc) is 3.12. The summed E-state index contributed by atoms with van der Waals surface area (Å²) in [6.07, 6.45) is 3.89. The van der Waals surface area contributed by atoms with Crippen LogP contribution in [0.25, 0.3) is 0 Å². The van der Waals surface area contributed by atoms with Crippen molar-refractivity contribution in [1.82, 2.24) is 10.6 Å². The van der Waals surface area contributed by atoms with Gasteiger partial charge in [-0.15, -0.1) is 0 Å². The second-order valence-corrected chi connectivity index (χ2v) is 5.70. The Morgan fingerprint density at radius 3 is 2.88 bits per heavy atom. The summed E-state index contributed by atoms with van der Waals surface area (Å²) >= 11 is 9.62. The Balaban J connectivity index is 1.61. The van der Waals surface area contributed by atoms with Crippen molar-refractivity contribution in [3.8, 4) is 0 Å². The van der Waals surface area contributed by atoms with Crippen LogP contribution in [0.1, 0.15) is 24.8 Å². The van der Waals surface area contributed by atoms with Gasteiger partial charge in [0.1, 0.15) is 0 Å². The first-order valence-electron chi connectivity index (χ1n) is 6.14. The zero-order valence-corrected chi connectivity index (χ0v) is 12.1. The topological polar surface area (TPSA) is 24.1 Å². The number of rotatable bonds is 7. The summed E-state index contributed by atoms with van der Waals surface area (Å²) in [6.45, 7) is 2.98. The van der Waals surface area contributed by atoms with Crippen LogP contribution >= 0.6 is 27.5 Å². The van der Waals surface area contributed by atoms with Gasteiger partial charge in [0.05, 0.1) is 5.02 Å². The van der Waals surface area contributed by atoms with Crippen molar-refractivity contribution < 1.29 is 0 Å². The normalized spacial score (nSPS) is 15.2. The van der Waals surface area contributed by atoms with E-state index < -0.39 is 0 Å². The summed E-state index contributed by atoms with van der Waals surface area (Å²) < 4.78 is 0.967. The molecule has 0 atom stereocenters. The summed E-state index contributed by atoms with van der Waals surface area (Å²) in [7, 11) is 0. The fraction of sp³-hybridized carbons (Fsp3) is 0.538. The Morgan fingerprint density at radius 1 is 1.29 bits per heavy atom. The van der Waals surface area contributed by atoms with Gasteiger partial charge in [0.15, 0.2) is 0 Å². The summed E-state index contributed by atoms with van der Waals surface area (Å²) in [5.74, 6) is 0. The third kappa shape index (κ3) is 4.59. The smallest absolute Gasteiger partial charge is 0.0592 e. The Bertz CT molecular complexity index is 366. The SMILES string of the molecule is Clc1c(Br)cccc1CNCCCNC1CC1. The van der Waals surface area contributed by atoms with Crippen molar-refractivity contribution in [1.29, 1.82) is 0 Å². The molecule has 1 fully saturated rings. The highest BCUT2D eigenvalue weighted by Crippen LogP contribution is 2.25. The molecular weight excluding hydrogens is 300 g/mol. The van der Waals surface area contributed by atoms with E-state index in [1.807, 2.05) is 12.1 Å². The summed E-state index contributed by atoms with van der Waals surface area (Å²) in [5.41, 5.74) is 1.15. The van der Waals surface area contributed by atoms with Gasteiger partial charge in [-0.2, -0.15) is 0 Å². The molecule has 0 radical (unpaired) electrons. The van der Waals surface area contributed by atoms with Crippen molar-refractivity contribution in [2.75, 3.05) is 13.1 Å². The van der Waals surface area contributed by atoms with Gasteiger partial charge in [0.2, 0.25) is 0 Å². The Labute approximate surface area is 116 Å². The predicted octanol–water partition coefficient (Wildman–Crippen LogP) is 3.33. The molecule has 17 heavy (non-hydrogen) atoms. The number of nitrogens with one attached hydrogen (secondary N) is 2. The monoisotopic (exact) mass is 316 g/mol. The van der Waals surface area contributed by atoms with E-state index in [4.69, 9.17) is 11.6 Å². The maximum absolute atomic E-state index is 6.18. The molecule has 1 aromatic carbocycles. The molecule has 0 spiro atoms. The Hall–Kier alpha value is -0.0900. The molecule has 1 aliphatic carbocycles. The average molecular weight is 318 g/mol. The number of hydrogen-bond acceptors (Lipinski definition) is 2. The molecule has 1 saturated carbocycles. The van der Waals surface area contributed by atoms with E-state index in [1.54, 1.807) is 0 Å². The summed E-state index contributed by atoms with van der Waals surface area (Å²) in [4.78, 5) is 0. The molecule has 0 aliphatic heterocycles. The summed E-state index contributed by atoms with van der Waals surface area (Å²) in [5, 5.41) is 7.74. The Morgan fingerprint density at radius 2 is 2.12 bits per heavy atom. The second kappa shape index (κ2) is 6.74. The maximum atomic E-state index is 6.18. The van der Waals surface area contributed by atoms with Crippen molar-refractivity contribution in [2.24, 2.45) is 0 Å². The van der Waals surface area contributed by atoms with Crippen LogP contribution < -0.4 is 10.6 Å². The van der Waals surface area contributed by atoms with Crippen LogP contribution in [0.5, 0.6) is 0 Å². The molecule has 0 aromatic heterocycles. The molecule has 2 rings (SSSR count). The van der Waals surface area contributed by atoms with E-state index >= 15 is 0 Å². The Kier molecular flexibility index (Phi) is 5.29. The molecule has 1 aliphatic rings. The molecular formula is C13H18BrClN2. The maximum Gasteiger partial charge on any atom is 0.0592 e. The van der Waals surface area contributed by atoms with E-state index in [0.717, 1.165) is 40.7 Å². The van der Waals surface area contributed by atoms with Gasteiger partial charge in [-0.25, -0.2) is 0 Å². The number of benzene rings is 1. The molecule has 1 aromatic rings. The van der Waals surface area contributed by atoms with E-state index in [2.05, 4.69) is 32.6 Å². The third-order valence-corrected chi connectivity index (χ3v) is 4.22. The molecule has 94 valence electrons. The van der Waals surface area contributed by atoms with Crippen molar-refractivity contribution >= 4 is 27.5 Å². The summed E-state index contributed by atoms with van der Waals surface area (Å²) in [6, 6.07) is 6.85. The van der Waals surface area contributed by atoms with Crippen molar-refractivity contribution in [2.45, 2.75) is 31.8 Å². The van der Waals surface area contributed by atoms with Crippen LogP contribution in [0.3, 0.4) is 0 Å². The first-order valence-corrected chi connectivity index (χ1v) is 7.31. The van der Waals surface area contributed by atoms with Crippen LogP contribution in [0.4, 0.5) is 0 Å². The van der Waals surface area contributed by atoms with E-state index in [-0.39, 0.29) is 0 Å². The van der Waals surface area contributed by atoms with Crippen LogP contribution in [0.15, 0.2) is 22.7 Å².